The molecule has 0 spiro atoms. The van der Waals surface area contributed by atoms with Crippen molar-refractivity contribution in [3.05, 3.63) is 99.0 Å². The molecule has 1 N–H and O–H groups in total. The van der Waals surface area contributed by atoms with Gasteiger partial charge in [-0.05, 0) is 72.5 Å². The summed E-state index contributed by atoms with van der Waals surface area (Å²) in [6, 6.07) is 20.3. The minimum absolute atomic E-state index is 0.271. The lowest BCUT2D eigenvalue weighted by Gasteiger charge is -2.24. The number of carboxylic acid groups (broad SMARTS) is 1. The Hall–Kier alpha value is -3.02. The third-order valence-electron chi connectivity index (χ3n) is 5.89. The zero-order valence-corrected chi connectivity index (χ0v) is 20.3. The Kier molecular flexibility index (Phi) is 7.15. The number of amides is 1. The Morgan fingerprint density at radius 3 is 2.47 bits per heavy atom. The fourth-order valence-electron chi connectivity index (χ4n) is 4.34. The van der Waals surface area contributed by atoms with Gasteiger partial charge in [-0.3, -0.25) is 9.59 Å². The molecule has 3 aromatic rings. The van der Waals surface area contributed by atoms with Crippen molar-refractivity contribution in [2.75, 3.05) is 13.1 Å². The van der Waals surface area contributed by atoms with Crippen molar-refractivity contribution in [2.45, 2.75) is 31.8 Å². The molecular weight excluding hydrogens is 473 g/mol. The zero-order valence-electron chi connectivity index (χ0n) is 18.8. The molecule has 0 aliphatic carbocycles. The van der Waals surface area contributed by atoms with Crippen LogP contribution in [0.5, 0.6) is 5.75 Å². The Morgan fingerprint density at radius 1 is 1.00 bits per heavy atom. The first-order valence-electron chi connectivity index (χ1n) is 11.0. The summed E-state index contributed by atoms with van der Waals surface area (Å²) in [5, 5.41) is 10.7. The van der Waals surface area contributed by atoms with Crippen molar-refractivity contribution in [1.29, 1.82) is 0 Å². The molecule has 0 saturated heterocycles. The molecule has 4 rings (SSSR count). The van der Waals surface area contributed by atoms with Crippen LogP contribution in [0.15, 0.2) is 66.7 Å². The maximum Gasteiger partial charge on any atom is 0.323 e. The van der Waals surface area contributed by atoms with Gasteiger partial charge in [-0.25, -0.2) is 0 Å². The number of nitrogens with zero attached hydrogens (tertiary/aromatic N) is 1. The zero-order chi connectivity index (χ0) is 24.3. The molecule has 0 saturated carbocycles. The summed E-state index contributed by atoms with van der Waals surface area (Å²) in [4.78, 5) is 26.0. The van der Waals surface area contributed by atoms with Crippen molar-refractivity contribution in [2.24, 2.45) is 0 Å². The van der Waals surface area contributed by atoms with Crippen LogP contribution in [0.2, 0.25) is 10.0 Å². The van der Waals surface area contributed by atoms with E-state index < -0.39 is 11.6 Å². The number of rotatable bonds is 8. The second-order valence-corrected chi connectivity index (χ2v) is 9.73. The Balaban J connectivity index is 1.48. The van der Waals surface area contributed by atoms with Crippen LogP contribution in [-0.2, 0) is 24.1 Å². The summed E-state index contributed by atoms with van der Waals surface area (Å²) in [6.45, 7) is 1.94. The highest BCUT2D eigenvalue weighted by Crippen LogP contribution is 2.37. The van der Waals surface area contributed by atoms with Crippen molar-refractivity contribution < 1.29 is 19.4 Å². The molecule has 1 atom stereocenters. The van der Waals surface area contributed by atoms with E-state index in [9.17, 15) is 14.7 Å². The molecule has 0 radical (unpaired) electrons. The van der Waals surface area contributed by atoms with Crippen LogP contribution in [-0.4, -0.2) is 40.6 Å². The average Bonchev–Trinajstić information content (AvgIpc) is 3.12. The van der Waals surface area contributed by atoms with Crippen molar-refractivity contribution in [1.82, 2.24) is 4.90 Å². The van der Waals surface area contributed by atoms with E-state index in [1.165, 1.54) is 4.90 Å². The topological polar surface area (TPSA) is 66.8 Å². The van der Waals surface area contributed by atoms with Crippen LogP contribution < -0.4 is 4.74 Å². The number of hydrogen-bond donors (Lipinski definition) is 1. The number of carbonyl (C=O) groups excluding carboxylic acids is 1. The van der Waals surface area contributed by atoms with Crippen LogP contribution in [0.4, 0.5) is 0 Å². The number of carbonyl (C=O) groups is 2. The monoisotopic (exact) mass is 497 g/mol. The predicted molar refractivity (Wildman–Crippen MR) is 133 cm³/mol. The first-order valence-corrected chi connectivity index (χ1v) is 11.8. The summed E-state index contributed by atoms with van der Waals surface area (Å²) in [7, 11) is 0. The standard InChI is InChI=1S/C27H25Cl2NO4/c1-27(15-19-5-8-22(28)9-6-19)16-21-14-20(7-10-24(21)34-27)26(33)30(17-25(31)32)12-11-18-3-2-4-23(29)13-18/h2-10,13-14H,11-12,15-17H2,1H3,(H,31,32). The van der Waals surface area contributed by atoms with E-state index in [0.29, 0.717) is 34.9 Å². The summed E-state index contributed by atoms with van der Waals surface area (Å²) >= 11 is 12.0. The van der Waals surface area contributed by atoms with Gasteiger partial charge in [-0.2, -0.15) is 0 Å². The number of benzene rings is 3. The maximum absolute atomic E-state index is 13.2. The van der Waals surface area contributed by atoms with Gasteiger partial charge in [0, 0.05) is 35.0 Å². The van der Waals surface area contributed by atoms with Gasteiger partial charge in [0.2, 0.25) is 0 Å². The van der Waals surface area contributed by atoms with Gasteiger partial charge in [0.1, 0.15) is 17.9 Å². The lowest BCUT2D eigenvalue weighted by atomic mass is 9.91. The van der Waals surface area contributed by atoms with E-state index in [4.69, 9.17) is 27.9 Å². The number of fused-ring (bicyclic) bond motifs is 1. The van der Waals surface area contributed by atoms with Gasteiger partial charge in [-0.15, -0.1) is 0 Å². The Morgan fingerprint density at radius 2 is 1.76 bits per heavy atom. The fraction of sp³-hybridized carbons (Fsp3) is 0.259. The predicted octanol–water partition coefficient (Wildman–Crippen LogP) is 5.70. The minimum atomic E-state index is -1.06. The lowest BCUT2D eigenvalue weighted by Crippen LogP contribution is -2.37. The van der Waals surface area contributed by atoms with Crippen LogP contribution in [0.3, 0.4) is 0 Å². The van der Waals surface area contributed by atoms with E-state index in [1.807, 2.05) is 55.5 Å². The van der Waals surface area contributed by atoms with Crippen LogP contribution in [0, 0.1) is 0 Å². The quantitative estimate of drug-likeness (QED) is 0.433. The molecule has 0 bridgehead atoms. The summed E-state index contributed by atoms with van der Waals surface area (Å²) in [6.07, 6.45) is 1.85. The summed E-state index contributed by atoms with van der Waals surface area (Å²) in [5.74, 6) is -0.630. The van der Waals surface area contributed by atoms with E-state index in [-0.39, 0.29) is 19.0 Å². The molecule has 176 valence electrons. The van der Waals surface area contributed by atoms with Gasteiger partial charge < -0.3 is 14.7 Å². The SMILES string of the molecule is CC1(Cc2ccc(Cl)cc2)Cc2cc(C(=O)N(CCc3cccc(Cl)c3)CC(=O)O)ccc2O1. The number of carboxylic acids is 1. The summed E-state index contributed by atoms with van der Waals surface area (Å²) in [5.41, 5.74) is 3.00. The lowest BCUT2D eigenvalue weighted by molar-refractivity contribution is -0.137. The molecule has 7 heteroatoms. The van der Waals surface area contributed by atoms with E-state index in [0.717, 1.165) is 22.4 Å². The van der Waals surface area contributed by atoms with Gasteiger partial charge in [0.25, 0.3) is 5.91 Å². The number of aliphatic carboxylic acids is 1. The number of hydrogen-bond acceptors (Lipinski definition) is 3. The highest BCUT2D eigenvalue weighted by Gasteiger charge is 2.35. The van der Waals surface area contributed by atoms with Crippen LogP contribution >= 0.6 is 23.2 Å². The van der Waals surface area contributed by atoms with Gasteiger partial charge in [0.15, 0.2) is 0 Å². The molecule has 1 heterocycles. The molecule has 1 unspecified atom stereocenters. The number of ether oxygens (including phenoxy) is 1. The second-order valence-electron chi connectivity index (χ2n) is 8.85. The molecule has 0 fully saturated rings. The normalized spacial score (nSPS) is 16.6. The fourth-order valence-corrected chi connectivity index (χ4v) is 4.68. The van der Waals surface area contributed by atoms with Crippen molar-refractivity contribution >= 4 is 35.1 Å². The highest BCUT2D eigenvalue weighted by atomic mass is 35.5. The van der Waals surface area contributed by atoms with E-state index >= 15 is 0 Å². The summed E-state index contributed by atoms with van der Waals surface area (Å²) < 4.78 is 6.24. The molecule has 1 amide bonds. The molecule has 5 nitrogen and oxygen atoms in total. The molecule has 0 aromatic heterocycles. The van der Waals surface area contributed by atoms with Crippen molar-refractivity contribution in [3.63, 3.8) is 0 Å². The first-order chi connectivity index (χ1) is 16.2. The number of halogens is 2. The van der Waals surface area contributed by atoms with Crippen molar-refractivity contribution in [3.8, 4) is 5.75 Å². The third kappa shape index (κ3) is 5.91. The van der Waals surface area contributed by atoms with Crippen LogP contribution in [0.1, 0.15) is 34.0 Å². The molecule has 3 aromatic carbocycles. The Labute approximate surface area is 208 Å². The second kappa shape index (κ2) is 10.1. The smallest absolute Gasteiger partial charge is 0.323 e. The van der Waals surface area contributed by atoms with E-state index in [1.54, 1.807) is 18.2 Å². The first kappa shape index (κ1) is 24.1. The third-order valence-corrected chi connectivity index (χ3v) is 6.38. The van der Waals surface area contributed by atoms with E-state index in [2.05, 4.69) is 0 Å². The molecule has 1 aliphatic heterocycles. The van der Waals surface area contributed by atoms with Gasteiger partial charge in [0.05, 0.1) is 0 Å². The molecule has 34 heavy (non-hydrogen) atoms. The average molecular weight is 498 g/mol. The molecular formula is C27H25Cl2NO4. The highest BCUT2D eigenvalue weighted by molar-refractivity contribution is 6.30. The largest absolute Gasteiger partial charge is 0.487 e. The maximum atomic E-state index is 13.2. The van der Waals surface area contributed by atoms with Crippen LogP contribution in [0.25, 0.3) is 0 Å². The van der Waals surface area contributed by atoms with Gasteiger partial charge in [-0.1, -0.05) is 47.5 Å². The minimum Gasteiger partial charge on any atom is -0.487 e. The Bertz CT molecular complexity index is 1210. The van der Waals surface area contributed by atoms with Gasteiger partial charge >= 0.3 is 5.97 Å². The molecule has 1 aliphatic rings.